The van der Waals surface area contributed by atoms with E-state index < -0.39 is 10.5 Å². The summed E-state index contributed by atoms with van der Waals surface area (Å²) >= 11 is 0. The smallest absolute Gasteiger partial charge is 0.285 e. The van der Waals surface area contributed by atoms with E-state index in [9.17, 15) is 19.7 Å². The Morgan fingerprint density at radius 3 is 2.61 bits per heavy atom. The number of nitrogens with zero attached hydrogens (tertiary/aromatic N) is 2. The molecule has 0 bridgehead atoms. The number of carbonyl (C=O) groups excluding carboxylic acids is 1. The van der Waals surface area contributed by atoms with Crippen molar-refractivity contribution in [2.45, 2.75) is 19.4 Å². The molecule has 0 saturated carbocycles. The molecule has 120 valence electrons. The quantitative estimate of drug-likeness (QED) is 0.648. The van der Waals surface area contributed by atoms with E-state index >= 15 is 0 Å². The number of pyridine rings is 1. The molecule has 2 rings (SSSR count). The molecule has 0 aliphatic carbocycles. The Bertz CT molecular complexity index is 755. The van der Waals surface area contributed by atoms with Gasteiger partial charge in [-0.2, -0.15) is 0 Å². The Morgan fingerprint density at radius 2 is 1.96 bits per heavy atom. The summed E-state index contributed by atoms with van der Waals surface area (Å²) in [4.78, 5) is 33.7. The van der Waals surface area contributed by atoms with Gasteiger partial charge >= 0.3 is 0 Å². The number of carbonyl (C=O) groups is 1. The van der Waals surface area contributed by atoms with Gasteiger partial charge in [0.05, 0.1) is 11.1 Å². The van der Waals surface area contributed by atoms with Crippen molar-refractivity contribution in [1.29, 1.82) is 0 Å². The number of hydrogen-bond donors (Lipinski definition) is 1. The Balaban J connectivity index is 1.96. The Labute approximate surface area is 132 Å². The zero-order valence-corrected chi connectivity index (χ0v) is 12.6. The summed E-state index contributed by atoms with van der Waals surface area (Å²) in [7, 11) is 0. The van der Waals surface area contributed by atoms with E-state index in [-0.39, 0.29) is 24.1 Å². The molecule has 1 amide bonds. The van der Waals surface area contributed by atoms with Crippen molar-refractivity contribution in [3.8, 4) is 0 Å². The molecule has 0 radical (unpaired) electrons. The van der Waals surface area contributed by atoms with Gasteiger partial charge in [0.1, 0.15) is 6.54 Å². The molecular weight excluding hydrogens is 298 g/mol. The average Bonchev–Trinajstić information content (AvgIpc) is 2.55. The number of rotatable bonds is 6. The van der Waals surface area contributed by atoms with Crippen LogP contribution in [-0.2, 0) is 11.3 Å². The van der Waals surface area contributed by atoms with Gasteiger partial charge in [0.15, 0.2) is 0 Å². The highest BCUT2D eigenvalue weighted by molar-refractivity contribution is 5.75. The SMILES string of the molecule is C[C@H](CNC(=O)Cn1cc([N+](=O)[O-])ccc1=O)c1ccccc1. The summed E-state index contributed by atoms with van der Waals surface area (Å²) < 4.78 is 1.03. The second-order valence-electron chi connectivity index (χ2n) is 5.23. The van der Waals surface area contributed by atoms with Crippen molar-refractivity contribution in [2.24, 2.45) is 0 Å². The van der Waals surface area contributed by atoms with E-state index in [1.54, 1.807) is 0 Å². The van der Waals surface area contributed by atoms with Crippen LogP contribution in [0.3, 0.4) is 0 Å². The highest BCUT2D eigenvalue weighted by Gasteiger charge is 2.12. The minimum absolute atomic E-state index is 0.127. The number of nitrogens with one attached hydrogen (secondary N) is 1. The molecule has 7 nitrogen and oxygen atoms in total. The van der Waals surface area contributed by atoms with E-state index in [0.717, 1.165) is 28.5 Å². The Hall–Kier alpha value is -2.96. The fraction of sp³-hybridized carbons (Fsp3) is 0.250. The number of nitro groups is 1. The van der Waals surface area contributed by atoms with E-state index in [1.165, 1.54) is 0 Å². The van der Waals surface area contributed by atoms with Gasteiger partial charge in [-0.3, -0.25) is 24.3 Å². The number of aromatic nitrogens is 1. The predicted octanol–water partition coefficient (Wildman–Crippen LogP) is 1.68. The molecule has 0 fully saturated rings. The van der Waals surface area contributed by atoms with Crippen LogP contribution >= 0.6 is 0 Å². The maximum atomic E-state index is 11.9. The molecule has 1 atom stereocenters. The van der Waals surface area contributed by atoms with Gasteiger partial charge in [-0.25, -0.2) is 0 Å². The van der Waals surface area contributed by atoms with Gasteiger partial charge < -0.3 is 5.32 Å². The van der Waals surface area contributed by atoms with Crippen LogP contribution in [-0.4, -0.2) is 21.9 Å². The lowest BCUT2D eigenvalue weighted by atomic mass is 10.0. The second kappa shape index (κ2) is 7.35. The fourth-order valence-electron chi connectivity index (χ4n) is 2.13. The first-order valence-corrected chi connectivity index (χ1v) is 7.14. The molecule has 1 aromatic carbocycles. The lowest BCUT2D eigenvalue weighted by Gasteiger charge is -2.13. The van der Waals surface area contributed by atoms with Crippen LogP contribution in [0.15, 0.2) is 53.5 Å². The van der Waals surface area contributed by atoms with Gasteiger partial charge in [0.2, 0.25) is 5.91 Å². The molecule has 0 aliphatic rings. The zero-order chi connectivity index (χ0) is 16.8. The standard InChI is InChI=1S/C16H17N3O4/c1-12(13-5-3-2-4-6-13)9-17-15(20)11-18-10-14(19(22)23)7-8-16(18)21/h2-8,10,12H,9,11H2,1H3,(H,17,20)/t12-/m1/s1. The lowest BCUT2D eigenvalue weighted by Crippen LogP contribution is -2.33. The Morgan fingerprint density at radius 1 is 1.26 bits per heavy atom. The number of benzene rings is 1. The van der Waals surface area contributed by atoms with Crippen molar-refractivity contribution in [3.05, 3.63) is 74.7 Å². The molecule has 7 heteroatoms. The highest BCUT2D eigenvalue weighted by atomic mass is 16.6. The molecule has 2 aromatic rings. The van der Waals surface area contributed by atoms with Crippen molar-refractivity contribution < 1.29 is 9.72 Å². The van der Waals surface area contributed by atoms with Crippen LogP contribution in [0.4, 0.5) is 5.69 Å². The molecule has 0 unspecified atom stereocenters. The van der Waals surface area contributed by atoms with Crippen LogP contribution in [0, 0.1) is 10.1 Å². The van der Waals surface area contributed by atoms with Crippen molar-refractivity contribution in [3.63, 3.8) is 0 Å². The lowest BCUT2D eigenvalue weighted by molar-refractivity contribution is -0.385. The number of hydrogen-bond acceptors (Lipinski definition) is 4. The van der Waals surface area contributed by atoms with Gasteiger partial charge in [0, 0.05) is 18.7 Å². The van der Waals surface area contributed by atoms with Crippen LogP contribution in [0.2, 0.25) is 0 Å². The largest absolute Gasteiger partial charge is 0.354 e. The third-order valence-electron chi connectivity index (χ3n) is 3.47. The zero-order valence-electron chi connectivity index (χ0n) is 12.6. The van der Waals surface area contributed by atoms with E-state index in [1.807, 2.05) is 37.3 Å². The summed E-state index contributed by atoms with van der Waals surface area (Å²) in [6, 6.07) is 11.9. The third-order valence-corrected chi connectivity index (χ3v) is 3.47. The summed E-state index contributed by atoms with van der Waals surface area (Å²) in [5.74, 6) is -0.239. The topological polar surface area (TPSA) is 94.2 Å². The molecule has 1 heterocycles. The molecule has 0 aliphatic heterocycles. The molecular formula is C16H17N3O4. The Kier molecular flexibility index (Phi) is 5.24. The van der Waals surface area contributed by atoms with Crippen LogP contribution in [0.1, 0.15) is 18.4 Å². The van der Waals surface area contributed by atoms with Gasteiger partial charge in [-0.05, 0) is 11.5 Å². The molecule has 0 saturated heterocycles. The first kappa shape index (κ1) is 16.4. The van der Waals surface area contributed by atoms with Gasteiger partial charge in [-0.1, -0.05) is 37.3 Å². The summed E-state index contributed by atoms with van der Waals surface area (Å²) in [5.41, 5.74) is 0.414. The predicted molar refractivity (Wildman–Crippen MR) is 85.2 cm³/mol. The minimum atomic E-state index is -0.606. The molecule has 0 spiro atoms. The van der Waals surface area contributed by atoms with Crippen molar-refractivity contribution in [1.82, 2.24) is 9.88 Å². The minimum Gasteiger partial charge on any atom is -0.354 e. The van der Waals surface area contributed by atoms with E-state index in [2.05, 4.69) is 5.32 Å². The first-order chi connectivity index (χ1) is 11.0. The van der Waals surface area contributed by atoms with E-state index in [0.29, 0.717) is 6.54 Å². The third kappa shape index (κ3) is 4.50. The molecule has 23 heavy (non-hydrogen) atoms. The second-order valence-corrected chi connectivity index (χ2v) is 5.23. The van der Waals surface area contributed by atoms with Crippen LogP contribution in [0.5, 0.6) is 0 Å². The van der Waals surface area contributed by atoms with Gasteiger partial charge in [0.25, 0.3) is 11.2 Å². The average molecular weight is 315 g/mol. The maximum absolute atomic E-state index is 11.9. The molecule has 1 aromatic heterocycles. The van der Waals surface area contributed by atoms with Gasteiger partial charge in [-0.15, -0.1) is 0 Å². The van der Waals surface area contributed by atoms with Crippen LogP contribution < -0.4 is 10.9 Å². The summed E-state index contributed by atoms with van der Waals surface area (Å²) in [6.45, 7) is 2.16. The fourth-order valence-corrected chi connectivity index (χ4v) is 2.13. The summed E-state index contributed by atoms with van der Waals surface area (Å²) in [6.07, 6.45) is 1.07. The normalized spacial score (nSPS) is 11.7. The molecule has 1 N–H and O–H groups in total. The maximum Gasteiger partial charge on any atom is 0.285 e. The summed E-state index contributed by atoms with van der Waals surface area (Å²) in [5, 5.41) is 13.4. The first-order valence-electron chi connectivity index (χ1n) is 7.14. The number of amides is 1. The van der Waals surface area contributed by atoms with Crippen LogP contribution in [0.25, 0.3) is 0 Å². The van der Waals surface area contributed by atoms with E-state index in [4.69, 9.17) is 0 Å². The van der Waals surface area contributed by atoms with Crippen molar-refractivity contribution >= 4 is 11.6 Å². The highest BCUT2D eigenvalue weighted by Crippen LogP contribution is 2.13. The monoisotopic (exact) mass is 315 g/mol. The van der Waals surface area contributed by atoms with Crippen molar-refractivity contribution in [2.75, 3.05) is 6.54 Å².